The Bertz CT molecular complexity index is 732. The van der Waals surface area contributed by atoms with Crippen LogP contribution in [-0.2, 0) is 14.2 Å². The molecule has 0 aliphatic carbocycles. The number of nitrogens with zero attached hydrogens (tertiary/aromatic N) is 2. The van der Waals surface area contributed by atoms with Crippen LogP contribution in [0.2, 0.25) is 0 Å². The van der Waals surface area contributed by atoms with Gasteiger partial charge in [-0.1, -0.05) is 0 Å². The highest BCUT2D eigenvalue weighted by Gasteiger charge is 2.31. The van der Waals surface area contributed by atoms with E-state index in [1.54, 1.807) is 6.92 Å². The van der Waals surface area contributed by atoms with Crippen molar-refractivity contribution in [3.63, 3.8) is 0 Å². The van der Waals surface area contributed by atoms with Gasteiger partial charge in [-0.15, -0.1) is 0 Å². The molecular formula is C18H23F3N2O5. The highest BCUT2D eigenvalue weighted by atomic mass is 19.2. The molecule has 1 aliphatic heterocycles. The Labute approximate surface area is 160 Å². The minimum Gasteiger partial charge on any atom is -0.462 e. The molecule has 1 aliphatic rings. The zero-order valence-electron chi connectivity index (χ0n) is 16.0. The van der Waals surface area contributed by atoms with Gasteiger partial charge in [0.05, 0.1) is 32.5 Å². The van der Waals surface area contributed by atoms with Crippen LogP contribution in [0.5, 0.6) is 0 Å². The fourth-order valence-electron chi connectivity index (χ4n) is 2.88. The highest BCUT2D eigenvalue weighted by Crippen LogP contribution is 2.30. The predicted octanol–water partition coefficient (Wildman–Crippen LogP) is 2.57. The molecule has 1 aromatic carbocycles. The minimum absolute atomic E-state index is 0.0236. The second-order valence-corrected chi connectivity index (χ2v) is 6.12. The highest BCUT2D eigenvalue weighted by molar-refractivity contribution is 5.90. The van der Waals surface area contributed by atoms with Crippen molar-refractivity contribution >= 4 is 17.7 Å². The van der Waals surface area contributed by atoms with E-state index in [9.17, 15) is 22.8 Å². The van der Waals surface area contributed by atoms with E-state index in [0.717, 1.165) is 0 Å². The first kappa shape index (κ1) is 21.8. The molecule has 1 amide bonds. The first-order valence-electron chi connectivity index (χ1n) is 8.89. The Hall–Kier alpha value is -2.49. The second-order valence-electron chi connectivity index (χ2n) is 6.12. The number of rotatable bonds is 6. The topological polar surface area (TPSA) is 68.3 Å². The summed E-state index contributed by atoms with van der Waals surface area (Å²) in [5.74, 6) is -5.16. The summed E-state index contributed by atoms with van der Waals surface area (Å²) in [6.45, 7) is 3.72. The monoisotopic (exact) mass is 404 g/mol. The number of anilines is 1. The van der Waals surface area contributed by atoms with Gasteiger partial charge in [-0.05, 0) is 19.9 Å². The Morgan fingerprint density at radius 1 is 1.21 bits per heavy atom. The number of likely N-dealkylation sites (N-methyl/N-ethyl adjacent to an activating group) is 1. The van der Waals surface area contributed by atoms with E-state index >= 15 is 0 Å². The lowest BCUT2D eigenvalue weighted by Gasteiger charge is -2.36. The number of amides is 1. The average Bonchev–Trinajstić information content (AvgIpc) is 2.65. The van der Waals surface area contributed by atoms with Crippen LogP contribution in [0.3, 0.4) is 0 Å². The molecule has 7 nitrogen and oxygen atoms in total. The van der Waals surface area contributed by atoms with Crippen LogP contribution in [0.25, 0.3) is 0 Å². The summed E-state index contributed by atoms with van der Waals surface area (Å²) in [6, 6.07) is 0.626. The lowest BCUT2D eigenvalue weighted by molar-refractivity contribution is 0.0178. The van der Waals surface area contributed by atoms with Gasteiger partial charge < -0.3 is 24.0 Å². The van der Waals surface area contributed by atoms with Crippen LogP contribution in [0, 0.1) is 17.5 Å². The molecule has 1 aromatic rings. The second kappa shape index (κ2) is 9.63. The third-order valence-electron chi connectivity index (χ3n) is 4.14. The van der Waals surface area contributed by atoms with Crippen molar-refractivity contribution in [2.45, 2.75) is 20.0 Å². The number of morpholine rings is 1. The summed E-state index contributed by atoms with van der Waals surface area (Å²) < 4.78 is 58.4. The van der Waals surface area contributed by atoms with Gasteiger partial charge in [0.2, 0.25) is 0 Å². The van der Waals surface area contributed by atoms with Crippen molar-refractivity contribution in [3.05, 3.63) is 29.1 Å². The summed E-state index contributed by atoms with van der Waals surface area (Å²) in [4.78, 5) is 25.9. The molecule has 1 saturated heterocycles. The van der Waals surface area contributed by atoms with E-state index in [2.05, 4.69) is 4.74 Å². The summed E-state index contributed by atoms with van der Waals surface area (Å²) in [5.41, 5.74) is -1.38. The van der Waals surface area contributed by atoms with Crippen LogP contribution in [0.15, 0.2) is 6.07 Å². The van der Waals surface area contributed by atoms with E-state index in [1.807, 2.05) is 0 Å². The Balaban J connectivity index is 2.19. The van der Waals surface area contributed by atoms with Gasteiger partial charge in [-0.25, -0.2) is 22.8 Å². The van der Waals surface area contributed by atoms with Crippen molar-refractivity contribution in [3.8, 4) is 0 Å². The first-order valence-corrected chi connectivity index (χ1v) is 8.89. The van der Waals surface area contributed by atoms with Crippen LogP contribution in [0.4, 0.5) is 23.7 Å². The van der Waals surface area contributed by atoms with Crippen molar-refractivity contribution in [2.75, 3.05) is 51.4 Å². The first-order chi connectivity index (χ1) is 13.3. The molecule has 1 fully saturated rings. The lowest BCUT2D eigenvalue weighted by atomic mass is 10.1. The van der Waals surface area contributed by atoms with E-state index < -0.39 is 46.9 Å². The SMILES string of the molecule is CCOC(=O)c1cc(F)c(N2CCOC(CN(C)C(=O)OCC)C2)c(F)c1F. The molecule has 0 saturated carbocycles. The number of ether oxygens (including phenoxy) is 3. The van der Waals surface area contributed by atoms with Gasteiger partial charge in [-0.2, -0.15) is 0 Å². The maximum absolute atomic E-state index is 14.5. The molecule has 28 heavy (non-hydrogen) atoms. The molecule has 1 unspecified atom stereocenters. The molecule has 0 N–H and O–H groups in total. The molecule has 0 radical (unpaired) electrons. The fourth-order valence-corrected chi connectivity index (χ4v) is 2.88. The number of benzene rings is 1. The normalized spacial score (nSPS) is 16.6. The van der Waals surface area contributed by atoms with Gasteiger partial charge in [0, 0.05) is 20.1 Å². The summed E-state index contributed by atoms with van der Waals surface area (Å²) in [6.07, 6.45) is -1.11. The number of esters is 1. The third-order valence-corrected chi connectivity index (χ3v) is 4.14. The molecule has 0 spiro atoms. The molecule has 156 valence electrons. The lowest BCUT2D eigenvalue weighted by Crippen LogP contribution is -2.48. The van der Waals surface area contributed by atoms with E-state index in [-0.39, 0.29) is 39.5 Å². The van der Waals surface area contributed by atoms with Gasteiger partial charge in [0.1, 0.15) is 11.3 Å². The number of carbonyl (C=O) groups excluding carboxylic acids is 2. The van der Waals surface area contributed by atoms with Crippen LogP contribution < -0.4 is 4.90 Å². The predicted molar refractivity (Wildman–Crippen MR) is 93.9 cm³/mol. The van der Waals surface area contributed by atoms with Gasteiger partial charge in [-0.3, -0.25) is 0 Å². The molecular weight excluding hydrogens is 381 g/mol. The van der Waals surface area contributed by atoms with Gasteiger partial charge >= 0.3 is 12.1 Å². The molecule has 10 heteroatoms. The molecule has 1 heterocycles. The van der Waals surface area contributed by atoms with Crippen molar-refractivity contribution in [1.82, 2.24) is 4.90 Å². The Morgan fingerprint density at radius 3 is 2.54 bits per heavy atom. The smallest absolute Gasteiger partial charge is 0.409 e. The van der Waals surface area contributed by atoms with Crippen LogP contribution in [0.1, 0.15) is 24.2 Å². The summed E-state index contributed by atoms with van der Waals surface area (Å²) in [5, 5.41) is 0. The van der Waals surface area contributed by atoms with Crippen molar-refractivity contribution in [1.29, 1.82) is 0 Å². The van der Waals surface area contributed by atoms with Gasteiger partial charge in [0.25, 0.3) is 0 Å². The molecule has 0 aromatic heterocycles. The average molecular weight is 404 g/mol. The largest absolute Gasteiger partial charge is 0.462 e. The van der Waals surface area contributed by atoms with Crippen LogP contribution in [-0.4, -0.2) is 69.6 Å². The standard InChI is InChI=1S/C18H23F3N2O5/c1-4-26-17(24)12-8-13(19)16(15(21)14(12)20)23-6-7-28-11(10-23)9-22(3)18(25)27-5-2/h8,11H,4-7,9-10H2,1-3H3. The summed E-state index contributed by atoms with van der Waals surface area (Å²) in [7, 11) is 1.51. The Kier molecular flexibility index (Phi) is 7.50. The van der Waals surface area contributed by atoms with Crippen LogP contribution >= 0.6 is 0 Å². The number of hydrogen-bond donors (Lipinski definition) is 0. The maximum Gasteiger partial charge on any atom is 0.409 e. The zero-order valence-corrected chi connectivity index (χ0v) is 16.0. The Morgan fingerprint density at radius 2 is 1.89 bits per heavy atom. The quantitative estimate of drug-likeness (QED) is 0.536. The number of carbonyl (C=O) groups is 2. The van der Waals surface area contributed by atoms with Crippen molar-refractivity contribution < 1.29 is 37.0 Å². The molecule has 2 rings (SSSR count). The van der Waals surface area contributed by atoms with E-state index in [1.165, 1.54) is 23.8 Å². The number of hydrogen-bond acceptors (Lipinski definition) is 6. The number of halogens is 3. The molecule has 0 bridgehead atoms. The molecule has 1 atom stereocenters. The zero-order chi connectivity index (χ0) is 20.8. The van der Waals surface area contributed by atoms with E-state index in [0.29, 0.717) is 6.07 Å². The summed E-state index contributed by atoms with van der Waals surface area (Å²) >= 11 is 0. The van der Waals surface area contributed by atoms with E-state index in [4.69, 9.17) is 9.47 Å². The maximum atomic E-state index is 14.5. The van der Waals surface area contributed by atoms with Gasteiger partial charge in [0.15, 0.2) is 17.5 Å². The fraction of sp³-hybridized carbons (Fsp3) is 0.556. The third kappa shape index (κ3) is 4.86. The minimum atomic E-state index is -1.47. The van der Waals surface area contributed by atoms with Crippen molar-refractivity contribution in [2.24, 2.45) is 0 Å².